The van der Waals surface area contributed by atoms with Crippen LogP contribution in [0, 0.1) is 0 Å². The van der Waals surface area contributed by atoms with Gasteiger partial charge in [0.05, 0.1) is 5.75 Å². The first kappa shape index (κ1) is 11.7. The zero-order valence-corrected chi connectivity index (χ0v) is 10.2. The number of sulfonamides is 1. The zero-order valence-electron chi connectivity index (χ0n) is 8.61. The molecule has 88 valence electrons. The summed E-state index contributed by atoms with van der Waals surface area (Å²) in [5.74, 6) is 0.121. The van der Waals surface area contributed by atoms with Crippen LogP contribution >= 0.6 is 11.6 Å². The Morgan fingerprint density at radius 2 is 2.00 bits per heavy atom. The summed E-state index contributed by atoms with van der Waals surface area (Å²) in [7, 11) is -3.26. The molecular weight excluding hydrogens is 248 g/mol. The van der Waals surface area contributed by atoms with E-state index in [0.717, 1.165) is 13.0 Å². The van der Waals surface area contributed by atoms with Crippen LogP contribution in [0.15, 0.2) is 24.3 Å². The summed E-state index contributed by atoms with van der Waals surface area (Å²) in [6.45, 7) is 0.904. The molecule has 6 heteroatoms. The van der Waals surface area contributed by atoms with Gasteiger partial charge >= 0.3 is 0 Å². The summed E-state index contributed by atoms with van der Waals surface area (Å²) in [4.78, 5) is 0. The molecule has 4 nitrogen and oxygen atoms in total. The standard InChI is InChI=1S/C10H13ClN2O2S/c11-8-1-3-9(4-2-8)13-16(14,15)7-10-5-6-12-10/h1-4,10,12-13H,5-7H2. The highest BCUT2D eigenvalue weighted by molar-refractivity contribution is 7.92. The highest BCUT2D eigenvalue weighted by Gasteiger charge is 2.23. The van der Waals surface area contributed by atoms with Gasteiger partial charge in [-0.1, -0.05) is 11.6 Å². The fourth-order valence-electron chi connectivity index (χ4n) is 1.49. The third-order valence-electron chi connectivity index (χ3n) is 2.46. The molecule has 0 amide bonds. The van der Waals surface area contributed by atoms with Crippen molar-refractivity contribution in [3.05, 3.63) is 29.3 Å². The Balaban J connectivity index is 1.99. The van der Waals surface area contributed by atoms with Crippen LogP contribution in [0.5, 0.6) is 0 Å². The Hall–Kier alpha value is -0.780. The van der Waals surface area contributed by atoms with Gasteiger partial charge in [0.2, 0.25) is 10.0 Å². The Labute approximate surface area is 100 Å². The van der Waals surface area contributed by atoms with Gasteiger partial charge in [0.15, 0.2) is 0 Å². The first-order valence-corrected chi connectivity index (χ1v) is 7.08. The van der Waals surface area contributed by atoms with E-state index in [0.29, 0.717) is 10.7 Å². The molecule has 1 aliphatic heterocycles. The van der Waals surface area contributed by atoms with Crippen molar-refractivity contribution in [2.24, 2.45) is 0 Å². The number of hydrogen-bond donors (Lipinski definition) is 2. The Kier molecular flexibility index (Phi) is 3.37. The number of rotatable bonds is 4. The summed E-state index contributed by atoms with van der Waals surface area (Å²) < 4.78 is 25.9. The lowest BCUT2D eigenvalue weighted by atomic mass is 10.1. The van der Waals surface area contributed by atoms with Gasteiger partial charge in [-0.2, -0.15) is 0 Å². The van der Waals surface area contributed by atoms with Gasteiger partial charge in [-0.15, -0.1) is 0 Å². The van der Waals surface area contributed by atoms with Crippen LogP contribution in [-0.2, 0) is 10.0 Å². The van der Waals surface area contributed by atoms with E-state index in [1.165, 1.54) is 0 Å². The second-order valence-corrected chi connectivity index (χ2v) is 6.03. The zero-order chi connectivity index (χ0) is 11.6. The van der Waals surface area contributed by atoms with Gasteiger partial charge in [0.25, 0.3) is 0 Å². The lowest BCUT2D eigenvalue weighted by Gasteiger charge is -2.27. The molecule has 16 heavy (non-hydrogen) atoms. The lowest BCUT2D eigenvalue weighted by Crippen LogP contribution is -2.48. The summed E-state index contributed by atoms with van der Waals surface area (Å²) in [6, 6.07) is 6.69. The van der Waals surface area contributed by atoms with Crippen LogP contribution in [0.2, 0.25) is 5.02 Å². The molecule has 0 radical (unpaired) electrons. The third kappa shape index (κ3) is 3.10. The maximum absolute atomic E-state index is 11.7. The topological polar surface area (TPSA) is 58.2 Å². The Morgan fingerprint density at radius 1 is 1.38 bits per heavy atom. The van der Waals surface area contributed by atoms with Gasteiger partial charge in [-0.05, 0) is 37.2 Å². The summed E-state index contributed by atoms with van der Waals surface area (Å²) in [6.07, 6.45) is 0.918. The lowest BCUT2D eigenvalue weighted by molar-refractivity contribution is 0.399. The molecule has 0 aliphatic carbocycles. The van der Waals surface area contributed by atoms with Gasteiger partial charge in [0, 0.05) is 16.8 Å². The van der Waals surface area contributed by atoms with E-state index < -0.39 is 10.0 Å². The molecule has 1 atom stereocenters. The maximum atomic E-state index is 11.7. The molecule has 0 bridgehead atoms. The molecule has 2 rings (SSSR count). The van der Waals surface area contributed by atoms with Crippen molar-refractivity contribution in [1.29, 1.82) is 0 Å². The molecular formula is C10H13ClN2O2S. The van der Waals surface area contributed by atoms with E-state index in [1.807, 2.05) is 0 Å². The monoisotopic (exact) mass is 260 g/mol. The van der Waals surface area contributed by atoms with E-state index >= 15 is 0 Å². The average Bonchev–Trinajstić information content (AvgIpc) is 2.16. The van der Waals surface area contributed by atoms with Crippen LogP contribution in [0.3, 0.4) is 0 Å². The Bertz CT molecular complexity index is 454. The summed E-state index contributed by atoms with van der Waals surface area (Å²) >= 11 is 5.71. The highest BCUT2D eigenvalue weighted by Crippen LogP contribution is 2.15. The maximum Gasteiger partial charge on any atom is 0.234 e. The number of benzene rings is 1. The normalized spacial score (nSPS) is 20.2. The molecule has 1 aliphatic rings. The third-order valence-corrected chi connectivity index (χ3v) is 4.10. The molecule has 0 spiro atoms. The first-order chi connectivity index (χ1) is 7.55. The molecule has 1 aromatic carbocycles. The fourth-order valence-corrected chi connectivity index (χ4v) is 3.01. The number of halogens is 1. The first-order valence-electron chi connectivity index (χ1n) is 5.05. The molecule has 1 unspecified atom stereocenters. The van der Waals surface area contributed by atoms with Gasteiger partial charge < -0.3 is 5.32 Å². The molecule has 1 aromatic rings. The Morgan fingerprint density at radius 3 is 2.50 bits per heavy atom. The van der Waals surface area contributed by atoms with Crippen LogP contribution in [-0.4, -0.2) is 26.8 Å². The van der Waals surface area contributed by atoms with E-state index in [2.05, 4.69) is 10.0 Å². The van der Waals surface area contributed by atoms with Gasteiger partial charge in [-0.3, -0.25) is 4.72 Å². The fraction of sp³-hybridized carbons (Fsp3) is 0.400. The van der Waals surface area contributed by atoms with Crippen LogP contribution < -0.4 is 10.0 Å². The van der Waals surface area contributed by atoms with Crippen molar-refractivity contribution in [3.63, 3.8) is 0 Å². The van der Waals surface area contributed by atoms with Crippen molar-refractivity contribution >= 4 is 27.3 Å². The number of anilines is 1. The predicted molar refractivity (Wildman–Crippen MR) is 65.3 cm³/mol. The second kappa shape index (κ2) is 4.61. The minimum Gasteiger partial charge on any atom is -0.313 e. The van der Waals surface area contributed by atoms with E-state index in [1.54, 1.807) is 24.3 Å². The largest absolute Gasteiger partial charge is 0.313 e. The van der Waals surface area contributed by atoms with E-state index in [-0.39, 0.29) is 11.8 Å². The SMILES string of the molecule is O=S(=O)(CC1CCN1)Nc1ccc(Cl)cc1. The molecule has 1 heterocycles. The molecule has 0 saturated carbocycles. The van der Waals surface area contributed by atoms with E-state index in [4.69, 9.17) is 11.6 Å². The van der Waals surface area contributed by atoms with E-state index in [9.17, 15) is 8.42 Å². The molecule has 1 saturated heterocycles. The van der Waals surface area contributed by atoms with Crippen molar-refractivity contribution in [1.82, 2.24) is 5.32 Å². The predicted octanol–water partition coefficient (Wildman–Crippen LogP) is 1.44. The van der Waals surface area contributed by atoms with Crippen LogP contribution in [0.1, 0.15) is 6.42 Å². The van der Waals surface area contributed by atoms with Crippen molar-refractivity contribution < 1.29 is 8.42 Å². The van der Waals surface area contributed by atoms with Crippen molar-refractivity contribution in [2.45, 2.75) is 12.5 Å². The van der Waals surface area contributed by atoms with Gasteiger partial charge in [0.1, 0.15) is 0 Å². The van der Waals surface area contributed by atoms with Crippen LogP contribution in [0.4, 0.5) is 5.69 Å². The minimum absolute atomic E-state index is 0.0878. The van der Waals surface area contributed by atoms with Gasteiger partial charge in [-0.25, -0.2) is 8.42 Å². The van der Waals surface area contributed by atoms with Crippen LogP contribution in [0.25, 0.3) is 0 Å². The highest BCUT2D eigenvalue weighted by atomic mass is 35.5. The molecule has 0 aromatic heterocycles. The van der Waals surface area contributed by atoms with Crippen molar-refractivity contribution in [2.75, 3.05) is 17.0 Å². The smallest absolute Gasteiger partial charge is 0.234 e. The summed E-state index contributed by atoms with van der Waals surface area (Å²) in [5, 5.41) is 3.64. The summed E-state index contributed by atoms with van der Waals surface area (Å²) in [5.41, 5.74) is 0.545. The molecule has 1 fully saturated rings. The number of nitrogens with one attached hydrogen (secondary N) is 2. The quantitative estimate of drug-likeness (QED) is 0.861. The average molecular weight is 261 g/mol. The number of hydrogen-bond acceptors (Lipinski definition) is 3. The minimum atomic E-state index is -3.26. The second-order valence-electron chi connectivity index (χ2n) is 3.83. The van der Waals surface area contributed by atoms with Crippen molar-refractivity contribution in [3.8, 4) is 0 Å². The molecule has 2 N–H and O–H groups in total.